The number of amides is 1. The lowest BCUT2D eigenvalue weighted by molar-refractivity contribution is 0.0658. The van der Waals surface area contributed by atoms with Crippen LogP contribution in [0, 0.1) is 0 Å². The molecule has 1 amide bonds. The summed E-state index contributed by atoms with van der Waals surface area (Å²) in [6.45, 7) is 8.06. The number of sulfonamides is 1. The lowest BCUT2D eigenvalue weighted by Gasteiger charge is -2.36. The van der Waals surface area contributed by atoms with E-state index >= 15 is 0 Å². The second-order valence-electron chi connectivity index (χ2n) is 10.9. The van der Waals surface area contributed by atoms with Gasteiger partial charge in [-0.15, -0.1) is 11.3 Å². The van der Waals surface area contributed by atoms with Crippen LogP contribution in [0.15, 0.2) is 48.0 Å². The van der Waals surface area contributed by atoms with Gasteiger partial charge in [-0.05, 0) is 66.1 Å². The van der Waals surface area contributed by atoms with E-state index in [1.807, 2.05) is 24.4 Å². The van der Waals surface area contributed by atoms with E-state index in [2.05, 4.69) is 43.3 Å². The van der Waals surface area contributed by atoms with Crippen molar-refractivity contribution in [2.24, 2.45) is 0 Å². The third-order valence-corrected chi connectivity index (χ3v) is 10.5. The average molecular weight is 558 g/mol. The van der Waals surface area contributed by atoms with E-state index in [-0.39, 0.29) is 23.1 Å². The van der Waals surface area contributed by atoms with Gasteiger partial charge in [-0.3, -0.25) is 9.78 Å². The molecule has 2 aliphatic heterocycles. The largest absolute Gasteiger partial charge is 0.337 e. The number of thiophene rings is 1. The Morgan fingerprint density at radius 2 is 1.89 bits per heavy atom. The minimum atomic E-state index is -3.20. The molecule has 2 fully saturated rings. The molecule has 6 nitrogen and oxygen atoms in total. The van der Waals surface area contributed by atoms with Gasteiger partial charge in [0, 0.05) is 64.0 Å². The molecule has 3 aromatic rings. The average Bonchev–Trinajstić information content (AvgIpc) is 3.49. The number of carbonyl (C=O) groups excluding carboxylic acids is 1. The minimum Gasteiger partial charge on any atom is -0.337 e. The SMILES string of the molecule is CC(C)(C)c1cc(-c2cc(-c3ccc(C(=O)N4CCCC(N5CCCS5(=O)=O)C4)cc3Cl)cs2)ccn1. The molecular weight excluding hydrogens is 526 g/mol. The molecule has 0 N–H and O–H groups in total. The molecule has 1 aromatic carbocycles. The summed E-state index contributed by atoms with van der Waals surface area (Å²) in [5, 5.41) is 2.61. The number of likely N-dealkylation sites (tertiary alicyclic amines) is 1. The third kappa shape index (κ3) is 5.48. The summed E-state index contributed by atoms with van der Waals surface area (Å²) in [4.78, 5) is 20.8. The Morgan fingerprint density at radius 3 is 2.59 bits per heavy atom. The molecule has 1 atom stereocenters. The van der Waals surface area contributed by atoms with E-state index < -0.39 is 10.0 Å². The van der Waals surface area contributed by atoms with Crippen molar-refractivity contribution in [3.63, 3.8) is 0 Å². The fraction of sp³-hybridized carbons (Fsp3) is 0.429. The number of pyridine rings is 1. The van der Waals surface area contributed by atoms with Crippen LogP contribution in [0.3, 0.4) is 0 Å². The highest BCUT2D eigenvalue weighted by atomic mass is 35.5. The first-order valence-electron chi connectivity index (χ1n) is 12.7. The standard InChI is InChI=1S/C28H32ClN3O3S2/c1-28(2,3)26-16-19(9-10-30-26)25-15-21(18-36-25)23-8-7-20(14-24(23)29)27(33)31-11-4-6-22(17-31)32-12-5-13-37(32,34)35/h7-10,14-16,18,22H,4-6,11-13,17H2,1-3H3. The summed E-state index contributed by atoms with van der Waals surface area (Å²) < 4.78 is 26.4. The van der Waals surface area contributed by atoms with Crippen molar-refractivity contribution in [1.82, 2.24) is 14.2 Å². The number of hydrogen-bond acceptors (Lipinski definition) is 5. The van der Waals surface area contributed by atoms with Crippen molar-refractivity contribution in [3.05, 3.63) is 64.3 Å². The maximum atomic E-state index is 13.3. The van der Waals surface area contributed by atoms with Crippen LogP contribution >= 0.6 is 22.9 Å². The molecule has 0 radical (unpaired) electrons. The predicted octanol–water partition coefficient (Wildman–Crippen LogP) is 6.07. The summed E-state index contributed by atoms with van der Waals surface area (Å²) in [5.41, 5.74) is 4.56. The van der Waals surface area contributed by atoms with E-state index in [9.17, 15) is 13.2 Å². The van der Waals surface area contributed by atoms with Crippen molar-refractivity contribution in [2.75, 3.05) is 25.4 Å². The molecule has 2 saturated heterocycles. The number of aromatic nitrogens is 1. The second kappa shape index (κ2) is 10.1. The summed E-state index contributed by atoms with van der Waals surface area (Å²) in [6, 6.07) is 11.6. The van der Waals surface area contributed by atoms with E-state index in [0.29, 0.717) is 36.6 Å². The van der Waals surface area contributed by atoms with Crippen molar-refractivity contribution in [1.29, 1.82) is 0 Å². The van der Waals surface area contributed by atoms with E-state index in [0.717, 1.165) is 40.1 Å². The van der Waals surface area contributed by atoms with Crippen LogP contribution < -0.4 is 0 Å². The molecule has 0 saturated carbocycles. The van der Waals surface area contributed by atoms with Crippen molar-refractivity contribution < 1.29 is 13.2 Å². The third-order valence-electron chi connectivity index (χ3n) is 7.17. The van der Waals surface area contributed by atoms with Gasteiger partial charge in [0.25, 0.3) is 5.91 Å². The maximum absolute atomic E-state index is 13.3. The van der Waals surface area contributed by atoms with Gasteiger partial charge in [0.2, 0.25) is 10.0 Å². The Bertz CT molecular complexity index is 1430. The zero-order chi connectivity index (χ0) is 26.4. The highest BCUT2D eigenvalue weighted by Crippen LogP contribution is 2.37. The molecule has 9 heteroatoms. The Hall–Kier alpha value is -2.26. The van der Waals surface area contributed by atoms with Gasteiger partial charge in [-0.25, -0.2) is 8.42 Å². The van der Waals surface area contributed by atoms with Gasteiger partial charge in [-0.1, -0.05) is 38.4 Å². The number of nitrogens with zero attached hydrogens (tertiary/aromatic N) is 3. The van der Waals surface area contributed by atoms with E-state index in [1.165, 1.54) is 0 Å². The fourth-order valence-electron chi connectivity index (χ4n) is 5.13. The molecule has 4 heterocycles. The number of benzene rings is 1. The summed E-state index contributed by atoms with van der Waals surface area (Å²) in [5.74, 6) is 0.102. The lowest BCUT2D eigenvalue weighted by Crippen LogP contribution is -2.50. The molecular formula is C28H32ClN3O3S2. The van der Waals surface area contributed by atoms with Crippen LogP contribution in [0.2, 0.25) is 5.02 Å². The van der Waals surface area contributed by atoms with Crippen molar-refractivity contribution in [3.8, 4) is 21.6 Å². The molecule has 0 bridgehead atoms. The van der Waals surface area contributed by atoms with Gasteiger partial charge in [0.15, 0.2) is 0 Å². The smallest absolute Gasteiger partial charge is 0.253 e. The number of rotatable bonds is 4. The Balaban J connectivity index is 1.33. The van der Waals surface area contributed by atoms with Crippen LogP contribution in [0.25, 0.3) is 21.6 Å². The van der Waals surface area contributed by atoms with Gasteiger partial charge < -0.3 is 4.90 Å². The number of carbonyl (C=O) groups is 1. The monoisotopic (exact) mass is 557 g/mol. The van der Waals surface area contributed by atoms with Crippen molar-refractivity contribution in [2.45, 2.75) is 51.5 Å². The molecule has 0 spiro atoms. The van der Waals surface area contributed by atoms with Gasteiger partial charge >= 0.3 is 0 Å². The number of piperidine rings is 1. The highest BCUT2D eigenvalue weighted by Gasteiger charge is 2.37. The summed E-state index contributed by atoms with van der Waals surface area (Å²) >= 11 is 8.35. The quantitative estimate of drug-likeness (QED) is 0.390. The van der Waals surface area contributed by atoms with Crippen LogP contribution in [0.4, 0.5) is 0 Å². The van der Waals surface area contributed by atoms with Crippen molar-refractivity contribution >= 4 is 38.9 Å². The molecule has 196 valence electrons. The van der Waals surface area contributed by atoms with Gasteiger partial charge in [0.1, 0.15) is 0 Å². The number of halogens is 1. The Labute approximate surface area is 228 Å². The van der Waals surface area contributed by atoms with Gasteiger partial charge in [-0.2, -0.15) is 4.31 Å². The molecule has 2 aromatic heterocycles. The maximum Gasteiger partial charge on any atom is 0.253 e. The molecule has 37 heavy (non-hydrogen) atoms. The first kappa shape index (κ1) is 26.4. The van der Waals surface area contributed by atoms with Crippen LogP contribution in [0.5, 0.6) is 0 Å². The second-order valence-corrected chi connectivity index (χ2v) is 14.3. The van der Waals surface area contributed by atoms with Gasteiger partial charge in [0.05, 0.1) is 5.75 Å². The number of hydrogen-bond donors (Lipinski definition) is 0. The van der Waals surface area contributed by atoms with Crippen LogP contribution in [0.1, 0.15) is 56.1 Å². The van der Waals surface area contributed by atoms with E-state index in [4.69, 9.17) is 11.6 Å². The Morgan fingerprint density at radius 1 is 1.08 bits per heavy atom. The summed E-state index contributed by atoms with van der Waals surface area (Å²) in [6.07, 6.45) is 4.09. The molecule has 1 unspecified atom stereocenters. The first-order valence-corrected chi connectivity index (χ1v) is 15.5. The van der Waals surface area contributed by atoms with Crippen LogP contribution in [-0.2, 0) is 15.4 Å². The molecule has 5 rings (SSSR count). The summed E-state index contributed by atoms with van der Waals surface area (Å²) in [7, 11) is -3.20. The molecule has 0 aliphatic carbocycles. The lowest BCUT2D eigenvalue weighted by atomic mass is 9.90. The zero-order valence-corrected chi connectivity index (χ0v) is 23.8. The van der Waals surface area contributed by atoms with Crippen LogP contribution in [-0.4, -0.2) is 59.9 Å². The zero-order valence-electron chi connectivity index (χ0n) is 21.4. The topological polar surface area (TPSA) is 70.6 Å². The minimum absolute atomic E-state index is 0.0289. The molecule has 2 aliphatic rings. The highest BCUT2D eigenvalue weighted by molar-refractivity contribution is 7.89. The van der Waals surface area contributed by atoms with E-state index in [1.54, 1.807) is 26.6 Å². The normalized spacial score (nSPS) is 20.3. The fourth-order valence-corrected chi connectivity index (χ4v) is 8.09. The Kier molecular flexibility index (Phi) is 7.22. The predicted molar refractivity (Wildman–Crippen MR) is 151 cm³/mol. The first-order chi connectivity index (χ1) is 17.5.